The quantitative estimate of drug-likeness (QED) is 0.605. The van der Waals surface area contributed by atoms with Crippen molar-refractivity contribution < 1.29 is 9.59 Å². The van der Waals surface area contributed by atoms with Crippen LogP contribution >= 0.6 is 0 Å². The first-order valence-corrected chi connectivity index (χ1v) is 11.7. The van der Waals surface area contributed by atoms with Gasteiger partial charge in [0.05, 0.1) is 6.04 Å². The molecule has 0 aliphatic carbocycles. The van der Waals surface area contributed by atoms with Gasteiger partial charge in [-0.15, -0.1) is 0 Å². The number of benzene rings is 2. The molecule has 1 fully saturated rings. The van der Waals surface area contributed by atoms with Crippen molar-refractivity contribution in [1.82, 2.24) is 15.1 Å². The summed E-state index contributed by atoms with van der Waals surface area (Å²) in [6.45, 7) is 8.01. The van der Waals surface area contributed by atoms with Crippen LogP contribution in [-0.4, -0.2) is 54.3 Å². The van der Waals surface area contributed by atoms with Crippen LogP contribution in [0.3, 0.4) is 0 Å². The molecule has 32 heavy (non-hydrogen) atoms. The van der Waals surface area contributed by atoms with Crippen LogP contribution in [0.25, 0.3) is 6.08 Å². The summed E-state index contributed by atoms with van der Waals surface area (Å²) in [6, 6.07) is 20.4. The van der Waals surface area contributed by atoms with Gasteiger partial charge < -0.3 is 10.2 Å². The lowest BCUT2D eigenvalue weighted by Gasteiger charge is -2.33. The van der Waals surface area contributed by atoms with E-state index < -0.39 is 0 Å². The normalized spacial score (nSPS) is 15.8. The van der Waals surface area contributed by atoms with Crippen LogP contribution in [-0.2, 0) is 9.59 Å². The molecule has 0 radical (unpaired) electrons. The van der Waals surface area contributed by atoms with Gasteiger partial charge in [0.2, 0.25) is 11.8 Å². The first-order chi connectivity index (χ1) is 15.6. The Bertz CT molecular complexity index is 870. The monoisotopic (exact) mass is 433 g/mol. The predicted octanol–water partition coefficient (Wildman–Crippen LogP) is 4.14. The largest absolute Gasteiger partial charge is 0.354 e. The van der Waals surface area contributed by atoms with Gasteiger partial charge in [-0.05, 0) is 43.1 Å². The Hall–Kier alpha value is -2.92. The van der Waals surface area contributed by atoms with Crippen molar-refractivity contribution in [3.05, 3.63) is 77.9 Å². The molecule has 2 aromatic carbocycles. The van der Waals surface area contributed by atoms with Crippen molar-refractivity contribution in [3.8, 4) is 0 Å². The van der Waals surface area contributed by atoms with Gasteiger partial charge in [0.15, 0.2) is 0 Å². The second-order valence-electron chi connectivity index (χ2n) is 8.24. The first-order valence-electron chi connectivity index (χ1n) is 11.7. The average molecular weight is 434 g/mol. The smallest absolute Gasteiger partial charge is 0.246 e. The van der Waals surface area contributed by atoms with E-state index in [0.29, 0.717) is 32.5 Å². The first kappa shape index (κ1) is 23.7. The number of nitrogens with one attached hydrogen (secondary N) is 1. The molecule has 1 N–H and O–H groups in total. The maximum atomic E-state index is 12.9. The number of likely N-dealkylation sites (tertiary alicyclic amines) is 1. The average Bonchev–Trinajstić information content (AvgIpc) is 2.86. The zero-order valence-corrected chi connectivity index (χ0v) is 19.2. The van der Waals surface area contributed by atoms with Gasteiger partial charge in [0.1, 0.15) is 0 Å². The van der Waals surface area contributed by atoms with Crippen LogP contribution in [0.15, 0.2) is 66.7 Å². The maximum Gasteiger partial charge on any atom is 0.246 e. The highest BCUT2D eigenvalue weighted by Gasteiger charge is 2.27. The van der Waals surface area contributed by atoms with E-state index in [4.69, 9.17) is 0 Å². The number of hydrogen-bond acceptors (Lipinski definition) is 3. The number of likely N-dealkylation sites (N-methyl/N-ethyl adjacent to an activating group) is 1. The van der Waals surface area contributed by atoms with Crippen LogP contribution in [0.2, 0.25) is 0 Å². The molecule has 0 aromatic heterocycles. The van der Waals surface area contributed by atoms with Crippen molar-refractivity contribution in [2.24, 2.45) is 5.92 Å². The highest BCUT2D eigenvalue weighted by atomic mass is 16.2. The number of amides is 2. The molecule has 1 aliphatic rings. The van der Waals surface area contributed by atoms with Gasteiger partial charge in [0, 0.05) is 31.6 Å². The van der Waals surface area contributed by atoms with Gasteiger partial charge in [0.25, 0.3) is 0 Å². The molecule has 1 atom stereocenters. The Kier molecular flexibility index (Phi) is 9.05. The van der Waals surface area contributed by atoms with E-state index in [1.54, 1.807) is 6.08 Å². The second-order valence-corrected chi connectivity index (χ2v) is 8.24. The molecule has 1 saturated heterocycles. The molecule has 3 rings (SSSR count). The van der Waals surface area contributed by atoms with Crippen LogP contribution < -0.4 is 5.32 Å². The molecule has 1 aliphatic heterocycles. The third-order valence-corrected chi connectivity index (χ3v) is 6.30. The summed E-state index contributed by atoms with van der Waals surface area (Å²) >= 11 is 0. The molecular weight excluding hydrogens is 398 g/mol. The van der Waals surface area contributed by atoms with Crippen molar-refractivity contribution in [2.75, 3.05) is 32.7 Å². The number of hydrogen-bond donors (Lipinski definition) is 1. The SMILES string of the molecule is CCN(CC)[C@@H](CNC(=O)C1CCN(C(=O)/C=C/c2ccccc2)CC1)c1ccccc1. The Morgan fingerprint density at radius 2 is 1.59 bits per heavy atom. The molecule has 0 spiro atoms. The Balaban J connectivity index is 1.50. The summed E-state index contributed by atoms with van der Waals surface area (Å²) in [5.41, 5.74) is 2.23. The Morgan fingerprint density at radius 1 is 1.00 bits per heavy atom. The number of carbonyl (C=O) groups is 2. The summed E-state index contributed by atoms with van der Waals surface area (Å²) in [4.78, 5) is 29.6. The Labute approximate surface area is 192 Å². The van der Waals surface area contributed by atoms with E-state index in [-0.39, 0.29) is 23.8 Å². The fourth-order valence-electron chi connectivity index (χ4n) is 4.34. The lowest BCUT2D eigenvalue weighted by atomic mass is 9.95. The lowest BCUT2D eigenvalue weighted by molar-refractivity contribution is -0.132. The van der Waals surface area contributed by atoms with Crippen LogP contribution in [0.4, 0.5) is 0 Å². The number of nitrogens with zero attached hydrogens (tertiary/aromatic N) is 2. The van der Waals surface area contributed by atoms with Gasteiger partial charge in [-0.1, -0.05) is 74.5 Å². The van der Waals surface area contributed by atoms with Crippen molar-refractivity contribution >= 4 is 17.9 Å². The molecule has 0 bridgehead atoms. The lowest BCUT2D eigenvalue weighted by Crippen LogP contribution is -2.44. The summed E-state index contributed by atoms with van der Waals surface area (Å²) in [5, 5.41) is 3.19. The van der Waals surface area contributed by atoms with E-state index in [0.717, 1.165) is 18.7 Å². The summed E-state index contributed by atoms with van der Waals surface area (Å²) < 4.78 is 0. The van der Waals surface area contributed by atoms with Gasteiger partial charge in [-0.2, -0.15) is 0 Å². The molecule has 2 aromatic rings. The molecule has 170 valence electrons. The van der Waals surface area contributed by atoms with E-state index >= 15 is 0 Å². The highest BCUT2D eigenvalue weighted by Crippen LogP contribution is 2.21. The van der Waals surface area contributed by atoms with Gasteiger partial charge >= 0.3 is 0 Å². The van der Waals surface area contributed by atoms with Crippen LogP contribution in [0.1, 0.15) is 43.9 Å². The van der Waals surface area contributed by atoms with Crippen molar-refractivity contribution in [3.63, 3.8) is 0 Å². The van der Waals surface area contributed by atoms with E-state index in [9.17, 15) is 9.59 Å². The molecule has 2 amide bonds. The fraction of sp³-hybridized carbons (Fsp3) is 0.407. The van der Waals surface area contributed by atoms with E-state index in [1.807, 2.05) is 59.5 Å². The minimum atomic E-state index is -0.0368. The van der Waals surface area contributed by atoms with Crippen LogP contribution in [0.5, 0.6) is 0 Å². The maximum absolute atomic E-state index is 12.9. The second kappa shape index (κ2) is 12.2. The van der Waals surface area contributed by atoms with Crippen molar-refractivity contribution in [1.29, 1.82) is 0 Å². The zero-order chi connectivity index (χ0) is 22.8. The fourth-order valence-corrected chi connectivity index (χ4v) is 4.34. The molecule has 0 saturated carbocycles. The summed E-state index contributed by atoms with van der Waals surface area (Å²) in [6.07, 6.45) is 4.89. The van der Waals surface area contributed by atoms with Gasteiger partial charge in [-0.3, -0.25) is 14.5 Å². The van der Waals surface area contributed by atoms with E-state index in [1.165, 1.54) is 5.56 Å². The molecule has 5 heteroatoms. The Morgan fingerprint density at radius 3 is 2.19 bits per heavy atom. The highest BCUT2D eigenvalue weighted by molar-refractivity contribution is 5.92. The molecular formula is C27H35N3O2. The summed E-state index contributed by atoms with van der Waals surface area (Å²) in [5.74, 6) is 0.0775. The predicted molar refractivity (Wildman–Crippen MR) is 130 cm³/mol. The third kappa shape index (κ3) is 6.54. The molecule has 5 nitrogen and oxygen atoms in total. The van der Waals surface area contributed by atoms with Gasteiger partial charge in [-0.25, -0.2) is 0 Å². The zero-order valence-electron chi connectivity index (χ0n) is 19.2. The minimum Gasteiger partial charge on any atom is -0.354 e. The minimum absolute atomic E-state index is 0.0124. The number of carbonyl (C=O) groups excluding carboxylic acids is 2. The van der Waals surface area contributed by atoms with Crippen molar-refractivity contribution in [2.45, 2.75) is 32.7 Å². The molecule has 0 unspecified atom stereocenters. The third-order valence-electron chi connectivity index (χ3n) is 6.30. The molecule has 1 heterocycles. The standard InChI is InChI=1S/C27H35N3O2/c1-3-29(4-2)25(23-13-9-6-10-14-23)21-28-27(32)24-17-19-30(20-18-24)26(31)16-15-22-11-7-5-8-12-22/h5-16,24-25H,3-4,17-21H2,1-2H3,(H,28,32)/b16-15+/t25-/m0/s1. The number of rotatable bonds is 9. The van der Waals surface area contributed by atoms with Crippen LogP contribution in [0, 0.1) is 5.92 Å². The van der Waals surface area contributed by atoms with E-state index in [2.05, 4.69) is 36.2 Å². The number of piperidine rings is 1. The topological polar surface area (TPSA) is 52.7 Å². The summed E-state index contributed by atoms with van der Waals surface area (Å²) in [7, 11) is 0.